The van der Waals surface area contributed by atoms with E-state index in [1.165, 1.54) is 22.7 Å². The molecule has 56 heavy (non-hydrogen) atoms. The topological polar surface area (TPSA) is 52.5 Å². The van der Waals surface area contributed by atoms with Gasteiger partial charge in [-0.1, -0.05) is 84.9 Å². The third-order valence-corrected chi connectivity index (χ3v) is 11.6. The van der Waals surface area contributed by atoms with Gasteiger partial charge in [0.2, 0.25) is 5.72 Å². The molecule has 0 saturated carbocycles. The van der Waals surface area contributed by atoms with E-state index in [4.69, 9.17) is 23.9 Å². The molecule has 278 valence electrons. The predicted octanol–water partition coefficient (Wildman–Crippen LogP) is 11.4. The fourth-order valence-corrected chi connectivity index (χ4v) is 8.49. The van der Waals surface area contributed by atoms with Crippen molar-refractivity contribution in [3.63, 3.8) is 0 Å². The number of para-hydroxylation sites is 1. The fraction of sp³-hybridized carbons (Fsp3) is 0.163. The van der Waals surface area contributed by atoms with E-state index in [1.54, 1.807) is 26.4 Å². The third kappa shape index (κ3) is 5.33. The van der Waals surface area contributed by atoms with Crippen molar-refractivity contribution < 1.29 is 23.3 Å². The van der Waals surface area contributed by atoms with Crippen LogP contribution in [0.4, 0.5) is 15.8 Å². The Morgan fingerprint density at radius 3 is 2.09 bits per heavy atom. The molecule has 7 aromatic carbocycles. The van der Waals surface area contributed by atoms with Crippen LogP contribution >= 0.6 is 0 Å². The van der Waals surface area contributed by atoms with Crippen LogP contribution < -0.4 is 23.8 Å². The summed E-state index contributed by atoms with van der Waals surface area (Å²) in [6.45, 7) is 4.46. The number of halogens is 1. The summed E-state index contributed by atoms with van der Waals surface area (Å²) in [5.41, 5.74) is 3.70. The summed E-state index contributed by atoms with van der Waals surface area (Å²) in [6, 6.07) is 45.1. The van der Waals surface area contributed by atoms with E-state index in [9.17, 15) is 0 Å². The average Bonchev–Trinajstić information content (AvgIpc) is 3.40. The van der Waals surface area contributed by atoms with E-state index < -0.39 is 11.3 Å². The summed E-state index contributed by atoms with van der Waals surface area (Å²) in [7, 11) is 5.36. The highest BCUT2D eigenvalue weighted by Crippen LogP contribution is 2.54. The second-order valence-corrected chi connectivity index (χ2v) is 14.8. The van der Waals surface area contributed by atoms with Crippen LogP contribution in [0.3, 0.4) is 0 Å². The van der Waals surface area contributed by atoms with Crippen LogP contribution in [-0.2, 0) is 11.0 Å². The summed E-state index contributed by atoms with van der Waals surface area (Å²) in [4.78, 5) is 7.11. The zero-order valence-electron chi connectivity index (χ0n) is 31.9. The maximum Gasteiger partial charge on any atom is 0.228 e. The van der Waals surface area contributed by atoms with Crippen LogP contribution in [0.25, 0.3) is 27.6 Å². The van der Waals surface area contributed by atoms with Crippen LogP contribution in [0.2, 0.25) is 0 Å². The lowest BCUT2D eigenvalue weighted by molar-refractivity contribution is 0.0826. The minimum Gasteiger partial charge on any atom is -0.497 e. The molecule has 0 amide bonds. The molecule has 0 aromatic heterocycles. The molecular weight excluding hydrogens is 700 g/mol. The number of methoxy groups -OCH3 is 2. The summed E-state index contributed by atoms with van der Waals surface area (Å²) < 4.78 is 38.9. The molecule has 7 aromatic rings. The molecule has 1 spiro atoms. The summed E-state index contributed by atoms with van der Waals surface area (Å²) in [6.07, 6.45) is 5.94. The molecule has 3 aliphatic rings. The summed E-state index contributed by atoms with van der Waals surface area (Å²) in [5, 5.41) is 4.41. The zero-order valence-corrected chi connectivity index (χ0v) is 31.9. The van der Waals surface area contributed by atoms with Crippen molar-refractivity contribution in [1.29, 1.82) is 0 Å². The third-order valence-electron chi connectivity index (χ3n) is 11.6. The highest BCUT2D eigenvalue weighted by Gasteiger charge is 2.58. The lowest BCUT2D eigenvalue weighted by Crippen LogP contribution is -2.61. The van der Waals surface area contributed by atoms with Gasteiger partial charge >= 0.3 is 0 Å². The van der Waals surface area contributed by atoms with Crippen LogP contribution in [0.5, 0.6) is 23.0 Å². The van der Waals surface area contributed by atoms with Gasteiger partial charge in [0.15, 0.2) is 5.60 Å². The number of ether oxygens (including phenoxy) is 4. The summed E-state index contributed by atoms with van der Waals surface area (Å²) in [5.74, 6) is 2.74. The summed E-state index contributed by atoms with van der Waals surface area (Å²) >= 11 is 0. The number of nitrogens with zero attached hydrogens (tertiary/aromatic N) is 2. The van der Waals surface area contributed by atoms with Gasteiger partial charge in [0.05, 0.1) is 25.8 Å². The molecular formula is C49H41FN2O4. The number of hydrogen-bond acceptors (Lipinski definition) is 6. The van der Waals surface area contributed by atoms with Crippen LogP contribution in [-0.4, -0.2) is 33.2 Å². The Bertz CT molecular complexity index is 2710. The minimum absolute atomic E-state index is 0.217. The van der Waals surface area contributed by atoms with Gasteiger partial charge in [-0.25, -0.2) is 4.39 Å². The predicted molar refractivity (Wildman–Crippen MR) is 224 cm³/mol. The van der Waals surface area contributed by atoms with Gasteiger partial charge in [0.1, 0.15) is 34.5 Å². The molecule has 0 saturated heterocycles. The lowest BCUT2D eigenvalue weighted by atomic mass is 9.77. The van der Waals surface area contributed by atoms with Gasteiger partial charge in [-0.2, -0.15) is 0 Å². The molecule has 2 atom stereocenters. The van der Waals surface area contributed by atoms with E-state index in [0.29, 0.717) is 11.3 Å². The van der Waals surface area contributed by atoms with Gasteiger partial charge in [-0.15, -0.1) is 0 Å². The monoisotopic (exact) mass is 740 g/mol. The molecule has 3 aliphatic heterocycles. The Morgan fingerprint density at radius 2 is 1.32 bits per heavy atom. The van der Waals surface area contributed by atoms with Crippen molar-refractivity contribution in [3.8, 4) is 23.0 Å². The smallest absolute Gasteiger partial charge is 0.228 e. The minimum atomic E-state index is -1.09. The first-order valence-corrected chi connectivity index (χ1v) is 18.7. The first kappa shape index (κ1) is 35.1. The molecule has 10 rings (SSSR count). The standard InChI is InChI=1S/C27H21FO3.C22H20N2O/c1-29-20-10-8-19(9-11-20)27(24-5-3-4-6-25(24)28)16-15-23-22-13-12-21(30-2)17-18(22)7-14-26(23)31-27;1-21(2)17-10-6-7-11-18(17)24(3)22(21)14-23-20-16-9-5-4-8-15(16)12-13-19(20)25-22/h3-17H,1-2H3;4-14H,1-3H3. The van der Waals surface area contributed by atoms with Gasteiger partial charge in [0, 0.05) is 34.8 Å². The molecule has 3 heterocycles. The molecule has 0 bridgehead atoms. The molecule has 2 unspecified atom stereocenters. The second kappa shape index (κ2) is 13.3. The quantitative estimate of drug-likeness (QED) is 0.180. The van der Waals surface area contributed by atoms with E-state index in [2.05, 4.69) is 68.3 Å². The van der Waals surface area contributed by atoms with Crippen molar-refractivity contribution in [2.75, 3.05) is 26.2 Å². The highest BCUT2D eigenvalue weighted by atomic mass is 19.1. The van der Waals surface area contributed by atoms with Gasteiger partial charge < -0.3 is 23.8 Å². The van der Waals surface area contributed by atoms with Crippen molar-refractivity contribution >= 4 is 45.2 Å². The van der Waals surface area contributed by atoms with Crippen molar-refractivity contribution in [3.05, 3.63) is 174 Å². The number of fused-ring (bicyclic) bond motifs is 7. The van der Waals surface area contributed by atoms with Gasteiger partial charge in [0.25, 0.3) is 0 Å². The Morgan fingerprint density at radius 1 is 0.643 bits per heavy atom. The SMILES string of the molecule is CN1c2ccccc2C(C)(C)C12C=Nc1c(ccc3ccccc13)O2.COc1ccc(C2(c3ccccc3F)C=Cc3c(ccc4cc(OC)ccc34)O2)cc1. The maximum absolute atomic E-state index is 15.0. The first-order valence-electron chi connectivity index (χ1n) is 18.7. The number of likely N-dealkylation sites (N-methyl/N-ethyl adjacent to an activating group) is 1. The molecule has 7 heteroatoms. The normalized spacial score (nSPS) is 19.6. The molecule has 0 N–H and O–H groups in total. The second-order valence-electron chi connectivity index (χ2n) is 14.8. The van der Waals surface area contributed by atoms with Crippen LogP contribution in [0.1, 0.15) is 36.1 Å². The Labute approximate surface area is 326 Å². The van der Waals surface area contributed by atoms with Crippen LogP contribution in [0, 0.1) is 5.82 Å². The largest absolute Gasteiger partial charge is 0.497 e. The first-order chi connectivity index (χ1) is 27.2. The number of anilines is 1. The number of hydrogen-bond donors (Lipinski definition) is 0. The zero-order chi connectivity index (χ0) is 38.7. The van der Waals surface area contributed by atoms with Crippen molar-refractivity contribution in [1.82, 2.24) is 0 Å². The van der Waals surface area contributed by atoms with E-state index >= 15 is 4.39 Å². The fourth-order valence-electron chi connectivity index (χ4n) is 8.49. The molecule has 0 fully saturated rings. The Balaban J connectivity index is 0.000000149. The van der Waals surface area contributed by atoms with Gasteiger partial charge in [-0.3, -0.25) is 4.99 Å². The average molecular weight is 741 g/mol. The number of rotatable bonds is 4. The Hall–Kier alpha value is -6.60. The Kier molecular flexibility index (Phi) is 8.35. The van der Waals surface area contributed by atoms with E-state index in [1.807, 2.05) is 97.2 Å². The molecule has 0 aliphatic carbocycles. The maximum atomic E-state index is 15.0. The number of benzene rings is 7. The van der Waals surface area contributed by atoms with E-state index in [-0.39, 0.29) is 11.2 Å². The van der Waals surface area contributed by atoms with Crippen molar-refractivity contribution in [2.24, 2.45) is 4.99 Å². The van der Waals surface area contributed by atoms with Gasteiger partial charge in [-0.05, 0) is 102 Å². The van der Waals surface area contributed by atoms with E-state index in [0.717, 1.165) is 50.2 Å². The van der Waals surface area contributed by atoms with Crippen molar-refractivity contribution in [2.45, 2.75) is 30.6 Å². The lowest BCUT2D eigenvalue weighted by Gasteiger charge is -2.45. The van der Waals surface area contributed by atoms with Crippen LogP contribution in [0.15, 0.2) is 151 Å². The number of aliphatic imine (C=N–C) groups is 1. The highest BCUT2D eigenvalue weighted by molar-refractivity contribution is 6.00. The molecule has 6 nitrogen and oxygen atoms in total. The molecule has 0 radical (unpaired) electrons.